The molecule has 0 bridgehead atoms. The first kappa shape index (κ1) is 16.2. The molecule has 0 spiro atoms. The van der Waals surface area contributed by atoms with Gasteiger partial charge in [-0.25, -0.2) is 0 Å². The van der Waals surface area contributed by atoms with Crippen LogP contribution in [0.15, 0.2) is 30.2 Å². The Bertz CT molecular complexity index is 460. The average molecular weight is 307 g/mol. The molecule has 5 heteroatoms. The van der Waals surface area contributed by atoms with Crippen molar-refractivity contribution in [2.45, 2.75) is 38.4 Å². The lowest BCUT2D eigenvalue weighted by Crippen LogP contribution is -2.49. The van der Waals surface area contributed by atoms with E-state index in [1.807, 2.05) is 16.3 Å². The van der Waals surface area contributed by atoms with E-state index in [1.54, 1.807) is 17.4 Å². The molecule has 0 radical (unpaired) electrons. The van der Waals surface area contributed by atoms with Crippen molar-refractivity contribution in [3.8, 4) is 0 Å². The predicted octanol–water partition coefficient (Wildman–Crippen LogP) is 2.07. The van der Waals surface area contributed by atoms with Gasteiger partial charge in [0.05, 0.1) is 13.1 Å². The van der Waals surface area contributed by atoms with Crippen LogP contribution in [0.25, 0.3) is 0 Å². The van der Waals surface area contributed by atoms with Crippen molar-refractivity contribution in [1.82, 2.24) is 9.80 Å². The van der Waals surface area contributed by atoms with Gasteiger partial charge < -0.3 is 10.6 Å². The summed E-state index contributed by atoms with van der Waals surface area (Å²) >= 11 is 1.68. The van der Waals surface area contributed by atoms with Gasteiger partial charge in [-0.2, -0.15) is 0 Å². The van der Waals surface area contributed by atoms with Crippen molar-refractivity contribution in [3.05, 3.63) is 35.0 Å². The van der Waals surface area contributed by atoms with E-state index in [-0.39, 0.29) is 11.9 Å². The molecule has 21 heavy (non-hydrogen) atoms. The van der Waals surface area contributed by atoms with Crippen LogP contribution in [0.4, 0.5) is 0 Å². The minimum Gasteiger partial charge on any atom is -0.333 e. The van der Waals surface area contributed by atoms with Crippen LogP contribution >= 0.6 is 11.3 Å². The molecule has 2 N–H and O–H groups in total. The smallest absolute Gasteiger partial charge is 0.237 e. The zero-order valence-electron chi connectivity index (χ0n) is 12.7. The SMILES string of the molecule is C=CCN(Cc1cccs1)C(=O)CN1CCC(N)CC1C. The fraction of sp³-hybridized carbons (Fsp3) is 0.562. The van der Waals surface area contributed by atoms with Crippen LogP contribution in [-0.4, -0.2) is 47.4 Å². The summed E-state index contributed by atoms with van der Waals surface area (Å²) in [7, 11) is 0. The highest BCUT2D eigenvalue weighted by Crippen LogP contribution is 2.17. The summed E-state index contributed by atoms with van der Waals surface area (Å²) in [6.07, 6.45) is 3.74. The Morgan fingerprint density at radius 3 is 3.10 bits per heavy atom. The molecule has 2 atom stereocenters. The number of carbonyl (C=O) groups is 1. The fourth-order valence-corrected chi connectivity index (χ4v) is 3.49. The Balaban J connectivity index is 1.93. The van der Waals surface area contributed by atoms with Crippen LogP contribution < -0.4 is 5.73 Å². The van der Waals surface area contributed by atoms with Crippen LogP contribution in [0, 0.1) is 0 Å². The van der Waals surface area contributed by atoms with Gasteiger partial charge in [0.25, 0.3) is 0 Å². The van der Waals surface area contributed by atoms with E-state index in [4.69, 9.17) is 5.73 Å². The summed E-state index contributed by atoms with van der Waals surface area (Å²) in [5.74, 6) is 0.172. The second-order valence-corrected chi connectivity index (χ2v) is 6.78. The fourth-order valence-electron chi connectivity index (χ4n) is 2.77. The maximum Gasteiger partial charge on any atom is 0.237 e. The largest absolute Gasteiger partial charge is 0.333 e. The van der Waals surface area contributed by atoms with E-state index < -0.39 is 0 Å². The highest BCUT2D eigenvalue weighted by atomic mass is 32.1. The number of carbonyl (C=O) groups excluding carboxylic acids is 1. The maximum atomic E-state index is 12.6. The van der Waals surface area contributed by atoms with E-state index >= 15 is 0 Å². The normalized spacial score (nSPS) is 23.0. The molecule has 1 amide bonds. The number of piperidine rings is 1. The summed E-state index contributed by atoms with van der Waals surface area (Å²) < 4.78 is 0. The molecule has 1 fully saturated rings. The summed E-state index contributed by atoms with van der Waals surface area (Å²) in [5, 5.41) is 2.04. The molecule has 0 aromatic carbocycles. The zero-order chi connectivity index (χ0) is 15.2. The Morgan fingerprint density at radius 1 is 1.67 bits per heavy atom. The third-order valence-corrected chi connectivity index (χ3v) is 4.88. The maximum absolute atomic E-state index is 12.6. The van der Waals surface area contributed by atoms with Gasteiger partial charge in [-0.05, 0) is 31.2 Å². The molecule has 4 nitrogen and oxygen atoms in total. The number of nitrogens with zero attached hydrogens (tertiary/aromatic N) is 2. The van der Waals surface area contributed by atoms with Crippen molar-refractivity contribution >= 4 is 17.2 Å². The van der Waals surface area contributed by atoms with Crippen molar-refractivity contribution in [1.29, 1.82) is 0 Å². The minimum absolute atomic E-state index is 0.172. The van der Waals surface area contributed by atoms with E-state index in [9.17, 15) is 4.79 Å². The number of thiophene rings is 1. The van der Waals surface area contributed by atoms with Crippen LogP contribution in [0.1, 0.15) is 24.6 Å². The first-order valence-electron chi connectivity index (χ1n) is 7.51. The van der Waals surface area contributed by atoms with Gasteiger partial charge in [0, 0.05) is 30.1 Å². The summed E-state index contributed by atoms with van der Waals surface area (Å²) in [4.78, 5) is 17.9. The van der Waals surface area contributed by atoms with E-state index in [1.165, 1.54) is 4.88 Å². The van der Waals surface area contributed by atoms with Crippen LogP contribution in [0.3, 0.4) is 0 Å². The third kappa shape index (κ3) is 4.66. The molecule has 1 aliphatic rings. The lowest BCUT2D eigenvalue weighted by Gasteiger charge is -2.36. The van der Waals surface area contributed by atoms with Crippen molar-refractivity contribution in [3.63, 3.8) is 0 Å². The van der Waals surface area contributed by atoms with Crippen LogP contribution in [0.5, 0.6) is 0 Å². The van der Waals surface area contributed by atoms with E-state index in [2.05, 4.69) is 24.5 Å². The lowest BCUT2D eigenvalue weighted by molar-refractivity contribution is -0.133. The average Bonchev–Trinajstić information content (AvgIpc) is 2.94. The number of hydrogen-bond acceptors (Lipinski definition) is 4. The first-order chi connectivity index (χ1) is 10.1. The molecular weight excluding hydrogens is 282 g/mol. The minimum atomic E-state index is 0.172. The van der Waals surface area contributed by atoms with Crippen LogP contribution in [-0.2, 0) is 11.3 Å². The molecule has 2 heterocycles. The first-order valence-corrected chi connectivity index (χ1v) is 8.38. The van der Waals surface area contributed by atoms with Gasteiger partial charge in [-0.15, -0.1) is 17.9 Å². The van der Waals surface area contributed by atoms with E-state index in [0.717, 1.165) is 19.4 Å². The Kier molecular flexibility index (Phi) is 5.96. The van der Waals surface area contributed by atoms with Gasteiger partial charge in [-0.1, -0.05) is 12.1 Å². The predicted molar refractivity (Wildman–Crippen MR) is 88.2 cm³/mol. The zero-order valence-corrected chi connectivity index (χ0v) is 13.5. The Morgan fingerprint density at radius 2 is 2.48 bits per heavy atom. The molecule has 0 saturated carbocycles. The number of hydrogen-bond donors (Lipinski definition) is 1. The molecule has 1 saturated heterocycles. The molecule has 2 unspecified atom stereocenters. The van der Waals surface area contributed by atoms with Crippen molar-refractivity contribution < 1.29 is 4.79 Å². The van der Waals surface area contributed by atoms with Gasteiger partial charge in [-0.3, -0.25) is 9.69 Å². The molecule has 1 aliphatic heterocycles. The lowest BCUT2D eigenvalue weighted by atomic mass is 9.99. The topological polar surface area (TPSA) is 49.6 Å². The van der Waals surface area contributed by atoms with Crippen LogP contribution in [0.2, 0.25) is 0 Å². The number of nitrogens with two attached hydrogens (primary N) is 1. The van der Waals surface area contributed by atoms with Gasteiger partial charge in [0.1, 0.15) is 0 Å². The molecule has 0 aliphatic carbocycles. The van der Waals surface area contributed by atoms with Gasteiger partial charge >= 0.3 is 0 Å². The highest BCUT2D eigenvalue weighted by Gasteiger charge is 2.26. The number of likely N-dealkylation sites (tertiary alicyclic amines) is 1. The molecule has 116 valence electrons. The summed E-state index contributed by atoms with van der Waals surface area (Å²) in [5.41, 5.74) is 5.98. The molecule has 1 aromatic rings. The standard InChI is InChI=1S/C16H25N3OS/c1-3-7-19(11-15-5-4-9-21-15)16(20)12-18-8-6-14(17)10-13(18)2/h3-5,9,13-14H,1,6-8,10-12,17H2,2H3. The van der Waals surface area contributed by atoms with E-state index in [0.29, 0.717) is 25.7 Å². The van der Waals surface area contributed by atoms with Gasteiger partial charge in [0.2, 0.25) is 5.91 Å². The summed E-state index contributed by atoms with van der Waals surface area (Å²) in [6.45, 7) is 8.58. The quantitative estimate of drug-likeness (QED) is 0.819. The molecular formula is C16H25N3OS. The summed E-state index contributed by atoms with van der Waals surface area (Å²) in [6, 6.07) is 4.74. The highest BCUT2D eigenvalue weighted by molar-refractivity contribution is 7.09. The van der Waals surface area contributed by atoms with Gasteiger partial charge in [0.15, 0.2) is 0 Å². The number of amides is 1. The second kappa shape index (κ2) is 7.73. The van der Waals surface area contributed by atoms with Crippen molar-refractivity contribution in [2.75, 3.05) is 19.6 Å². The monoisotopic (exact) mass is 307 g/mol. The second-order valence-electron chi connectivity index (χ2n) is 5.75. The Hall–Kier alpha value is -1.17. The number of rotatable bonds is 6. The van der Waals surface area contributed by atoms with Crippen molar-refractivity contribution in [2.24, 2.45) is 5.73 Å². The Labute approximate surface area is 131 Å². The third-order valence-electron chi connectivity index (χ3n) is 4.02. The molecule has 1 aromatic heterocycles. The molecule has 2 rings (SSSR count).